The number of hydrogen-bond acceptors (Lipinski definition) is 8. The second-order valence-electron chi connectivity index (χ2n) is 8.35. The summed E-state index contributed by atoms with van der Waals surface area (Å²) in [6, 6.07) is 11.3. The van der Waals surface area contributed by atoms with Crippen molar-refractivity contribution in [3.8, 4) is 34.4 Å². The number of benzene rings is 2. The quantitative estimate of drug-likeness (QED) is 0.404. The van der Waals surface area contributed by atoms with Crippen molar-refractivity contribution in [2.75, 3.05) is 41.0 Å². The van der Waals surface area contributed by atoms with Crippen molar-refractivity contribution in [3.05, 3.63) is 47.9 Å². The molecule has 0 N–H and O–H groups in total. The van der Waals surface area contributed by atoms with Gasteiger partial charge in [-0.15, -0.1) is 0 Å². The summed E-state index contributed by atoms with van der Waals surface area (Å²) in [7, 11) is 4.82. The van der Waals surface area contributed by atoms with Crippen LogP contribution in [0.5, 0.6) is 23.0 Å². The van der Waals surface area contributed by atoms with E-state index in [1.807, 2.05) is 48.2 Å². The fourth-order valence-corrected chi connectivity index (χ4v) is 4.11. The van der Waals surface area contributed by atoms with E-state index >= 15 is 0 Å². The summed E-state index contributed by atoms with van der Waals surface area (Å²) in [5.41, 5.74) is 1.83. The first-order valence-electron chi connectivity index (χ1n) is 11.7. The van der Waals surface area contributed by atoms with Gasteiger partial charge in [-0.2, -0.15) is 4.98 Å². The summed E-state index contributed by atoms with van der Waals surface area (Å²) in [5, 5.41) is 4.14. The Morgan fingerprint density at radius 3 is 2.49 bits per heavy atom. The third-order valence-corrected chi connectivity index (χ3v) is 6.01. The van der Waals surface area contributed by atoms with Crippen LogP contribution in [0.1, 0.15) is 37.1 Å². The molecule has 0 bridgehead atoms. The molecule has 1 aliphatic heterocycles. The van der Waals surface area contributed by atoms with E-state index in [4.69, 9.17) is 23.5 Å². The number of hydrogen-bond donors (Lipinski definition) is 0. The summed E-state index contributed by atoms with van der Waals surface area (Å²) in [6.45, 7) is 3.80. The predicted octanol–water partition coefficient (Wildman–Crippen LogP) is 4.11. The lowest BCUT2D eigenvalue weighted by Crippen LogP contribution is -2.27. The fraction of sp³-hybridized carbons (Fsp3) is 0.423. The second-order valence-corrected chi connectivity index (χ2v) is 8.35. The van der Waals surface area contributed by atoms with E-state index < -0.39 is 0 Å². The van der Waals surface area contributed by atoms with Crippen molar-refractivity contribution in [1.29, 1.82) is 0 Å². The molecule has 0 spiro atoms. The minimum absolute atomic E-state index is 0.0781. The second kappa shape index (κ2) is 11.1. The molecular weight excluding hydrogens is 450 g/mol. The summed E-state index contributed by atoms with van der Waals surface area (Å²) >= 11 is 0. The number of nitrogens with zero attached hydrogens (tertiary/aromatic N) is 3. The van der Waals surface area contributed by atoms with Gasteiger partial charge in [0, 0.05) is 25.1 Å². The van der Waals surface area contributed by atoms with Gasteiger partial charge in [0.05, 0.1) is 33.9 Å². The maximum absolute atomic E-state index is 12.6. The first-order valence-corrected chi connectivity index (χ1v) is 11.7. The van der Waals surface area contributed by atoms with E-state index in [9.17, 15) is 4.79 Å². The van der Waals surface area contributed by atoms with E-state index in [0.29, 0.717) is 67.3 Å². The maximum atomic E-state index is 12.6. The van der Waals surface area contributed by atoms with Crippen LogP contribution in [0.15, 0.2) is 40.9 Å². The molecule has 186 valence electrons. The lowest BCUT2D eigenvalue weighted by molar-refractivity contribution is -0.127. The molecule has 2 aromatic carbocycles. The molecule has 0 saturated carbocycles. The monoisotopic (exact) mass is 481 g/mol. The molecule has 1 unspecified atom stereocenters. The number of likely N-dealkylation sites (tertiary alicyclic amines) is 1. The van der Waals surface area contributed by atoms with Crippen LogP contribution in [0.25, 0.3) is 11.4 Å². The van der Waals surface area contributed by atoms with Crippen LogP contribution in [-0.2, 0) is 11.2 Å². The normalized spacial score (nSPS) is 15.4. The van der Waals surface area contributed by atoms with Crippen molar-refractivity contribution in [1.82, 2.24) is 15.0 Å². The Bertz CT molecular complexity index is 1160. The fourth-order valence-electron chi connectivity index (χ4n) is 4.11. The summed E-state index contributed by atoms with van der Waals surface area (Å²) in [5.74, 6) is 3.51. The highest BCUT2D eigenvalue weighted by molar-refractivity contribution is 5.79. The van der Waals surface area contributed by atoms with Crippen molar-refractivity contribution in [2.45, 2.75) is 32.1 Å². The molecular formula is C26H31N3O6. The van der Waals surface area contributed by atoms with Gasteiger partial charge in [0.1, 0.15) is 0 Å². The zero-order valence-corrected chi connectivity index (χ0v) is 20.6. The lowest BCUT2D eigenvalue weighted by atomic mass is 10.1. The standard InChI is InChI=1S/C26H31N3O6/c1-5-12-34-21-9-7-18(14-23(21)33-4)25-27-26(35-28-25)19-15-24(30)29(16-19)11-10-17-6-8-20(31-2)22(13-17)32-3/h6-9,13-14,19H,5,10-12,15-16H2,1-4H3. The number of rotatable bonds is 11. The molecule has 0 radical (unpaired) electrons. The van der Waals surface area contributed by atoms with Crippen LogP contribution in [0.3, 0.4) is 0 Å². The number of carbonyl (C=O) groups excluding carboxylic acids is 1. The number of aromatic nitrogens is 2. The van der Waals surface area contributed by atoms with E-state index in [0.717, 1.165) is 17.5 Å². The topological polar surface area (TPSA) is 96.2 Å². The van der Waals surface area contributed by atoms with Gasteiger partial charge in [0.25, 0.3) is 0 Å². The van der Waals surface area contributed by atoms with Gasteiger partial charge >= 0.3 is 0 Å². The van der Waals surface area contributed by atoms with E-state index in [1.165, 1.54) is 0 Å². The molecule has 35 heavy (non-hydrogen) atoms. The Labute approximate surface area is 204 Å². The predicted molar refractivity (Wildman–Crippen MR) is 129 cm³/mol. The third-order valence-electron chi connectivity index (χ3n) is 6.01. The zero-order chi connectivity index (χ0) is 24.8. The minimum atomic E-state index is -0.136. The smallest absolute Gasteiger partial charge is 0.232 e. The van der Waals surface area contributed by atoms with Gasteiger partial charge in [0.15, 0.2) is 23.0 Å². The molecule has 1 fully saturated rings. The Balaban J connectivity index is 1.40. The molecule has 1 atom stereocenters. The number of amides is 1. The van der Waals surface area contributed by atoms with E-state index in [-0.39, 0.29) is 11.8 Å². The summed E-state index contributed by atoms with van der Waals surface area (Å²) in [4.78, 5) is 19.1. The minimum Gasteiger partial charge on any atom is -0.493 e. The summed E-state index contributed by atoms with van der Waals surface area (Å²) < 4.78 is 27.4. The zero-order valence-electron chi connectivity index (χ0n) is 20.6. The van der Waals surface area contributed by atoms with Gasteiger partial charge in [-0.3, -0.25) is 4.79 Å². The molecule has 1 aliphatic rings. The van der Waals surface area contributed by atoms with Crippen LogP contribution in [0.4, 0.5) is 0 Å². The Kier molecular flexibility index (Phi) is 7.74. The van der Waals surface area contributed by atoms with Crippen molar-refractivity contribution < 1.29 is 28.3 Å². The molecule has 0 aliphatic carbocycles. The van der Waals surface area contributed by atoms with E-state index in [2.05, 4.69) is 10.1 Å². The van der Waals surface area contributed by atoms with Crippen LogP contribution in [0.2, 0.25) is 0 Å². The molecule has 9 nitrogen and oxygen atoms in total. The van der Waals surface area contributed by atoms with Gasteiger partial charge in [-0.1, -0.05) is 18.1 Å². The van der Waals surface area contributed by atoms with Crippen molar-refractivity contribution >= 4 is 5.91 Å². The lowest BCUT2D eigenvalue weighted by Gasteiger charge is -2.16. The number of methoxy groups -OCH3 is 3. The highest BCUT2D eigenvalue weighted by Crippen LogP contribution is 2.34. The van der Waals surface area contributed by atoms with Crippen LogP contribution >= 0.6 is 0 Å². The maximum Gasteiger partial charge on any atom is 0.232 e. The molecule has 9 heteroatoms. The molecule has 2 heterocycles. The highest BCUT2D eigenvalue weighted by Gasteiger charge is 2.34. The average Bonchev–Trinajstić information content (AvgIpc) is 3.52. The first-order chi connectivity index (χ1) is 17.1. The number of carbonyl (C=O) groups is 1. The van der Waals surface area contributed by atoms with Gasteiger partial charge in [-0.05, 0) is 48.7 Å². The van der Waals surface area contributed by atoms with Crippen molar-refractivity contribution in [3.63, 3.8) is 0 Å². The van der Waals surface area contributed by atoms with Crippen LogP contribution in [-0.4, -0.2) is 62.0 Å². The first kappa shape index (κ1) is 24.4. The average molecular weight is 482 g/mol. The Morgan fingerprint density at radius 2 is 1.74 bits per heavy atom. The Morgan fingerprint density at radius 1 is 1.00 bits per heavy atom. The van der Waals surface area contributed by atoms with Gasteiger partial charge in [-0.25, -0.2) is 0 Å². The van der Waals surface area contributed by atoms with Crippen molar-refractivity contribution in [2.24, 2.45) is 0 Å². The highest BCUT2D eigenvalue weighted by atomic mass is 16.5. The number of ether oxygens (including phenoxy) is 4. The molecule has 1 amide bonds. The van der Waals surface area contributed by atoms with Gasteiger partial charge in [0.2, 0.25) is 17.6 Å². The molecule has 3 aromatic rings. The van der Waals surface area contributed by atoms with Crippen LogP contribution in [0, 0.1) is 0 Å². The molecule has 1 saturated heterocycles. The summed E-state index contributed by atoms with van der Waals surface area (Å²) in [6.07, 6.45) is 1.96. The van der Waals surface area contributed by atoms with Gasteiger partial charge < -0.3 is 28.4 Å². The Hall–Kier alpha value is -3.75. The SMILES string of the molecule is CCCOc1ccc(-c2noc(C3CC(=O)N(CCc4ccc(OC)c(OC)c4)C3)n2)cc1OC. The third kappa shape index (κ3) is 5.50. The largest absolute Gasteiger partial charge is 0.493 e. The molecule has 1 aromatic heterocycles. The van der Waals surface area contributed by atoms with E-state index in [1.54, 1.807) is 21.3 Å². The molecule has 4 rings (SSSR count). The van der Waals surface area contributed by atoms with Crippen LogP contribution < -0.4 is 18.9 Å².